The molecular formula is C25H28N6O5S. The maximum Gasteiger partial charge on any atom is 0.329 e. The van der Waals surface area contributed by atoms with Gasteiger partial charge in [-0.2, -0.15) is 9.94 Å². The van der Waals surface area contributed by atoms with E-state index < -0.39 is 34.0 Å². The highest BCUT2D eigenvalue weighted by Crippen LogP contribution is 2.42. The summed E-state index contributed by atoms with van der Waals surface area (Å²) in [5.41, 5.74) is 1.46. The van der Waals surface area contributed by atoms with Crippen molar-refractivity contribution in [2.75, 3.05) is 0 Å². The largest absolute Gasteiger partial charge is 0.459 e. The molecule has 37 heavy (non-hydrogen) atoms. The monoisotopic (exact) mass is 524 g/mol. The first-order valence-electron chi connectivity index (χ1n) is 12.2. The summed E-state index contributed by atoms with van der Waals surface area (Å²) in [7, 11) is -4.00. The Balaban J connectivity index is 1.28. The van der Waals surface area contributed by atoms with Crippen molar-refractivity contribution >= 4 is 21.9 Å². The Morgan fingerprint density at radius 3 is 2.59 bits per heavy atom. The number of nitrogens with one attached hydrogen (secondary N) is 2. The van der Waals surface area contributed by atoms with Crippen molar-refractivity contribution < 1.29 is 22.7 Å². The highest BCUT2D eigenvalue weighted by Gasteiger charge is 2.50. The number of rotatable bonds is 8. The van der Waals surface area contributed by atoms with Crippen LogP contribution in [0.4, 0.5) is 0 Å². The number of carbonyl (C=O) groups excluding carboxylic acids is 2. The fourth-order valence-electron chi connectivity index (χ4n) is 5.28. The number of nitrogens with zero attached hydrogens (tertiary/aromatic N) is 4. The van der Waals surface area contributed by atoms with E-state index in [1.54, 1.807) is 17.0 Å². The van der Waals surface area contributed by atoms with E-state index in [1.807, 2.05) is 30.3 Å². The molecule has 5 rings (SSSR count). The van der Waals surface area contributed by atoms with Crippen LogP contribution in [-0.2, 0) is 31.0 Å². The van der Waals surface area contributed by atoms with Gasteiger partial charge in [0.1, 0.15) is 12.6 Å². The van der Waals surface area contributed by atoms with Gasteiger partial charge >= 0.3 is 5.97 Å². The maximum absolute atomic E-state index is 13.6. The Morgan fingerprint density at radius 1 is 1.14 bits per heavy atom. The van der Waals surface area contributed by atoms with Gasteiger partial charge in [-0.25, -0.2) is 13.2 Å². The first kappa shape index (κ1) is 25.0. The van der Waals surface area contributed by atoms with E-state index in [9.17, 15) is 18.0 Å². The van der Waals surface area contributed by atoms with Crippen LogP contribution < -0.4 is 4.72 Å². The van der Waals surface area contributed by atoms with Crippen LogP contribution in [0.2, 0.25) is 0 Å². The van der Waals surface area contributed by atoms with Crippen molar-refractivity contribution in [3.05, 3.63) is 60.2 Å². The van der Waals surface area contributed by atoms with E-state index in [0.29, 0.717) is 17.8 Å². The quantitative estimate of drug-likeness (QED) is 0.426. The zero-order valence-corrected chi connectivity index (χ0v) is 21.1. The lowest BCUT2D eigenvalue weighted by Crippen LogP contribution is -2.53. The van der Waals surface area contributed by atoms with Gasteiger partial charge in [-0.15, -0.1) is 10.2 Å². The van der Waals surface area contributed by atoms with Crippen LogP contribution in [0.25, 0.3) is 11.4 Å². The molecule has 2 fully saturated rings. The van der Waals surface area contributed by atoms with E-state index >= 15 is 0 Å². The minimum Gasteiger partial charge on any atom is -0.459 e. The molecule has 1 aliphatic carbocycles. The molecule has 1 unspecified atom stereocenters. The zero-order chi connectivity index (χ0) is 26.0. The third-order valence-corrected chi connectivity index (χ3v) is 8.62. The molecule has 2 heterocycles. The van der Waals surface area contributed by atoms with E-state index in [-0.39, 0.29) is 23.5 Å². The number of hydrogen-bond acceptors (Lipinski definition) is 8. The second-order valence-electron chi connectivity index (χ2n) is 9.45. The molecule has 11 nitrogen and oxygen atoms in total. The van der Waals surface area contributed by atoms with Crippen LogP contribution in [0.3, 0.4) is 0 Å². The summed E-state index contributed by atoms with van der Waals surface area (Å²) < 4.78 is 34.1. The first-order chi connectivity index (χ1) is 17.8. The van der Waals surface area contributed by atoms with E-state index in [1.165, 1.54) is 19.1 Å². The summed E-state index contributed by atoms with van der Waals surface area (Å²) >= 11 is 0. The predicted octanol–water partition coefficient (Wildman–Crippen LogP) is 2.05. The van der Waals surface area contributed by atoms with Gasteiger partial charge in [0.05, 0.1) is 10.9 Å². The second-order valence-corrected chi connectivity index (χ2v) is 11.2. The van der Waals surface area contributed by atoms with Crippen molar-refractivity contribution in [1.82, 2.24) is 30.2 Å². The average Bonchev–Trinajstić information content (AvgIpc) is 3.65. The van der Waals surface area contributed by atoms with Crippen LogP contribution in [0.1, 0.15) is 38.2 Å². The topological polar surface area (TPSA) is 147 Å². The van der Waals surface area contributed by atoms with E-state index in [4.69, 9.17) is 4.74 Å². The van der Waals surface area contributed by atoms with Crippen LogP contribution in [-0.4, -0.2) is 63.9 Å². The molecule has 1 aromatic heterocycles. The standard InChI is InChI=1S/C25H28N6O5S/c1-16(28-37(34,35)20-12-10-18(11-13-20)23-26-29-30-27-23)24(32)31-21-9-5-8-19(21)14-22(31)25(33)36-15-17-6-3-2-4-7-17/h2-4,6-7,10-13,16,19,21-22,28H,5,8-9,14-15H2,1H3,(H,26,27,29,30)/t16?,19-,21-,22-/m0/s1. The Bertz CT molecular complexity index is 1350. The lowest BCUT2D eigenvalue weighted by Gasteiger charge is -2.31. The molecule has 1 saturated heterocycles. The number of fused-ring (bicyclic) bond motifs is 1. The third-order valence-electron chi connectivity index (χ3n) is 7.06. The summed E-state index contributed by atoms with van der Waals surface area (Å²) in [5.74, 6) is -0.340. The number of sulfonamides is 1. The molecule has 0 bridgehead atoms. The van der Waals surface area contributed by atoms with Gasteiger partial charge in [-0.3, -0.25) is 4.79 Å². The molecule has 1 saturated carbocycles. The molecule has 2 aromatic carbocycles. The fourth-order valence-corrected chi connectivity index (χ4v) is 6.48. The van der Waals surface area contributed by atoms with Crippen LogP contribution >= 0.6 is 0 Å². The minimum absolute atomic E-state index is 0.00150. The summed E-state index contributed by atoms with van der Waals surface area (Å²) in [6, 6.07) is 13.4. The van der Waals surface area contributed by atoms with Crippen molar-refractivity contribution in [1.29, 1.82) is 0 Å². The molecule has 4 atom stereocenters. The van der Waals surface area contributed by atoms with Gasteiger partial charge in [-0.1, -0.05) is 36.8 Å². The number of aromatic nitrogens is 4. The van der Waals surface area contributed by atoms with Gasteiger partial charge in [-0.05, 0) is 67.1 Å². The van der Waals surface area contributed by atoms with Gasteiger partial charge in [0.25, 0.3) is 0 Å². The van der Waals surface area contributed by atoms with Gasteiger partial charge < -0.3 is 9.64 Å². The van der Waals surface area contributed by atoms with Crippen molar-refractivity contribution in [2.24, 2.45) is 5.92 Å². The van der Waals surface area contributed by atoms with Crippen LogP contribution in [0.5, 0.6) is 0 Å². The molecule has 0 radical (unpaired) electrons. The normalized spacial score (nSPS) is 22.0. The summed E-state index contributed by atoms with van der Waals surface area (Å²) in [4.78, 5) is 28.2. The molecule has 1 amide bonds. The molecule has 3 aromatic rings. The summed E-state index contributed by atoms with van der Waals surface area (Å²) in [5, 5.41) is 13.6. The number of hydrogen-bond donors (Lipinski definition) is 2. The number of carbonyl (C=O) groups is 2. The Hall–Kier alpha value is -3.64. The number of benzene rings is 2. The zero-order valence-electron chi connectivity index (χ0n) is 20.3. The Kier molecular flexibility index (Phi) is 7.02. The number of tetrazole rings is 1. The Morgan fingerprint density at radius 2 is 1.89 bits per heavy atom. The highest BCUT2D eigenvalue weighted by molar-refractivity contribution is 7.89. The second kappa shape index (κ2) is 10.4. The lowest BCUT2D eigenvalue weighted by atomic mass is 10.0. The van der Waals surface area contributed by atoms with Gasteiger partial charge in [0, 0.05) is 11.6 Å². The number of ether oxygens (including phenoxy) is 1. The minimum atomic E-state index is -4.00. The maximum atomic E-state index is 13.6. The first-order valence-corrected chi connectivity index (χ1v) is 13.7. The summed E-state index contributed by atoms with van der Waals surface area (Å²) in [6.07, 6.45) is 3.22. The van der Waals surface area contributed by atoms with Crippen molar-refractivity contribution in [3.63, 3.8) is 0 Å². The predicted molar refractivity (Wildman–Crippen MR) is 132 cm³/mol. The SMILES string of the molecule is CC(NS(=O)(=O)c1ccc(-c2nn[nH]n2)cc1)C(=O)N1[C@H](C(=O)OCc2ccccc2)C[C@@H]2CCC[C@@H]21. The highest BCUT2D eigenvalue weighted by atomic mass is 32.2. The molecule has 1 aliphatic heterocycles. The van der Waals surface area contributed by atoms with E-state index in [2.05, 4.69) is 25.3 Å². The van der Waals surface area contributed by atoms with E-state index in [0.717, 1.165) is 24.8 Å². The number of likely N-dealkylation sites (tertiary alicyclic amines) is 1. The number of aromatic amines is 1. The Labute approximate surface area is 214 Å². The van der Waals surface area contributed by atoms with Crippen LogP contribution in [0.15, 0.2) is 59.5 Å². The lowest BCUT2D eigenvalue weighted by molar-refractivity contribution is -0.156. The molecule has 0 spiro atoms. The van der Waals surface area contributed by atoms with Crippen molar-refractivity contribution in [2.45, 2.75) is 62.2 Å². The smallest absolute Gasteiger partial charge is 0.329 e. The molecule has 194 valence electrons. The molecule has 12 heteroatoms. The molecule has 2 aliphatic rings. The number of esters is 1. The molecule has 2 N–H and O–H groups in total. The number of amides is 1. The third kappa shape index (κ3) is 5.25. The molecular weight excluding hydrogens is 496 g/mol. The number of H-pyrrole nitrogens is 1. The fraction of sp³-hybridized carbons (Fsp3) is 0.400. The van der Waals surface area contributed by atoms with Gasteiger partial charge in [0.15, 0.2) is 0 Å². The van der Waals surface area contributed by atoms with Gasteiger partial charge in [0.2, 0.25) is 21.8 Å². The summed E-state index contributed by atoms with van der Waals surface area (Å²) in [6.45, 7) is 1.62. The van der Waals surface area contributed by atoms with Crippen molar-refractivity contribution in [3.8, 4) is 11.4 Å². The average molecular weight is 525 g/mol. The van der Waals surface area contributed by atoms with Crippen LogP contribution in [0, 0.1) is 5.92 Å².